The highest BCUT2D eigenvalue weighted by molar-refractivity contribution is 6.08. The van der Waals surface area contributed by atoms with E-state index >= 15 is 0 Å². The van der Waals surface area contributed by atoms with Gasteiger partial charge in [-0.15, -0.1) is 0 Å². The van der Waals surface area contributed by atoms with Gasteiger partial charge in [0.2, 0.25) is 0 Å². The molecule has 180 valence electrons. The van der Waals surface area contributed by atoms with Gasteiger partial charge >= 0.3 is 0 Å². The van der Waals surface area contributed by atoms with E-state index in [1.807, 2.05) is 6.08 Å². The number of carbonyl (C=O) groups excluding carboxylic acids is 1. The fourth-order valence-corrected chi connectivity index (χ4v) is 9.17. The number of fused-ring (bicyclic) bond motifs is 5. The molecule has 3 heteroatoms. The van der Waals surface area contributed by atoms with Crippen molar-refractivity contribution in [3.8, 4) is 0 Å². The van der Waals surface area contributed by atoms with Crippen molar-refractivity contribution >= 4 is 11.5 Å². The monoisotopic (exact) mass is 441 g/mol. The van der Waals surface area contributed by atoms with Gasteiger partial charge in [-0.3, -0.25) is 4.79 Å². The van der Waals surface area contributed by atoms with Crippen molar-refractivity contribution in [2.45, 2.75) is 106 Å². The molecule has 0 aromatic carbocycles. The summed E-state index contributed by atoms with van der Waals surface area (Å²) in [5.41, 5.74) is 2.30. The Bertz CT molecular complexity index is 782. The number of hydrogen-bond acceptors (Lipinski definition) is 3. The van der Waals surface area contributed by atoms with Crippen LogP contribution < -0.4 is 0 Å². The third kappa shape index (κ3) is 3.80. The van der Waals surface area contributed by atoms with Gasteiger partial charge in [-0.25, -0.2) is 0 Å². The molecule has 3 saturated carbocycles. The Hall–Kier alpha value is -1.12. The first kappa shape index (κ1) is 24.0. The summed E-state index contributed by atoms with van der Waals surface area (Å²) in [6.45, 7) is 14.6. The lowest BCUT2D eigenvalue weighted by molar-refractivity contribution is -0.116. The van der Waals surface area contributed by atoms with E-state index in [2.05, 4.69) is 46.7 Å². The van der Waals surface area contributed by atoms with Gasteiger partial charge in [-0.05, 0) is 109 Å². The van der Waals surface area contributed by atoms with Crippen LogP contribution in [-0.4, -0.2) is 16.7 Å². The van der Waals surface area contributed by atoms with Crippen molar-refractivity contribution in [3.05, 3.63) is 11.6 Å². The Morgan fingerprint density at radius 1 is 1.09 bits per heavy atom. The highest BCUT2D eigenvalue weighted by Gasteiger charge is 2.60. The smallest absolute Gasteiger partial charge is 0.156 e. The number of nitrogens with zero attached hydrogens (tertiary/aromatic N) is 1. The molecular formula is C29H47NO2. The first-order valence-corrected chi connectivity index (χ1v) is 13.6. The summed E-state index contributed by atoms with van der Waals surface area (Å²) in [6, 6.07) is 0. The number of allylic oxidation sites excluding steroid dienone is 1. The van der Waals surface area contributed by atoms with Crippen LogP contribution in [0.15, 0.2) is 16.8 Å². The number of ketones is 1. The van der Waals surface area contributed by atoms with Gasteiger partial charge in [-0.1, -0.05) is 59.5 Å². The van der Waals surface area contributed by atoms with Crippen molar-refractivity contribution in [1.29, 1.82) is 0 Å². The van der Waals surface area contributed by atoms with Crippen molar-refractivity contribution in [2.24, 2.45) is 57.4 Å². The molecule has 0 bridgehead atoms. The summed E-state index contributed by atoms with van der Waals surface area (Å²) in [6.07, 6.45) is 13.6. The summed E-state index contributed by atoms with van der Waals surface area (Å²) >= 11 is 0. The van der Waals surface area contributed by atoms with Gasteiger partial charge in [0.15, 0.2) is 5.78 Å². The average Bonchev–Trinajstić information content (AvgIpc) is 3.11. The predicted octanol–water partition coefficient (Wildman–Crippen LogP) is 7.67. The van der Waals surface area contributed by atoms with Crippen LogP contribution in [0.2, 0.25) is 0 Å². The summed E-state index contributed by atoms with van der Waals surface area (Å²) in [5.74, 6) is 5.44. The quantitative estimate of drug-likeness (QED) is 0.339. The minimum atomic E-state index is 0.00896. The second kappa shape index (κ2) is 8.91. The van der Waals surface area contributed by atoms with Gasteiger partial charge in [-0.2, -0.15) is 0 Å². The van der Waals surface area contributed by atoms with Gasteiger partial charge < -0.3 is 5.21 Å². The maximum Gasteiger partial charge on any atom is 0.156 e. The van der Waals surface area contributed by atoms with E-state index in [0.717, 1.165) is 53.7 Å². The summed E-state index contributed by atoms with van der Waals surface area (Å²) in [5, 5.41) is 13.7. The Kier molecular flexibility index (Phi) is 6.69. The molecule has 3 nitrogen and oxygen atoms in total. The van der Waals surface area contributed by atoms with Crippen LogP contribution in [0.5, 0.6) is 0 Å². The first-order chi connectivity index (χ1) is 15.2. The summed E-state index contributed by atoms with van der Waals surface area (Å²) < 4.78 is 0. The third-order valence-electron chi connectivity index (χ3n) is 11.1. The molecule has 0 aromatic heterocycles. The predicted molar refractivity (Wildman–Crippen MR) is 132 cm³/mol. The molecule has 0 heterocycles. The third-order valence-corrected chi connectivity index (χ3v) is 11.1. The molecule has 3 fully saturated rings. The molecule has 4 rings (SSSR count). The average molecular weight is 442 g/mol. The van der Waals surface area contributed by atoms with Crippen LogP contribution in [0.3, 0.4) is 0 Å². The zero-order chi connectivity index (χ0) is 23.3. The summed E-state index contributed by atoms with van der Waals surface area (Å²) in [7, 11) is 0. The lowest BCUT2D eigenvalue weighted by Crippen LogP contribution is -2.53. The molecule has 4 aliphatic carbocycles. The van der Waals surface area contributed by atoms with Crippen molar-refractivity contribution in [1.82, 2.24) is 0 Å². The molecule has 0 spiro atoms. The van der Waals surface area contributed by atoms with Crippen LogP contribution in [0, 0.1) is 52.3 Å². The first-order valence-electron chi connectivity index (χ1n) is 13.6. The van der Waals surface area contributed by atoms with Gasteiger partial charge in [0.05, 0.1) is 5.71 Å². The highest BCUT2D eigenvalue weighted by Crippen LogP contribution is 2.67. The Labute approximate surface area is 196 Å². The van der Waals surface area contributed by atoms with Gasteiger partial charge in [0, 0.05) is 6.42 Å². The normalized spacial score (nSPS) is 42.3. The largest absolute Gasteiger partial charge is 0.411 e. The fraction of sp³-hybridized carbons (Fsp3) is 0.862. The van der Waals surface area contributed by atoms with Crippen molar-refractivity contribution in [3.63, 3.8) is 0 Å². The maximum atomic E-state index is 12.2. The van der Waals surface area contributed by atoms with E-state index in [4.69, 9.17) is 0 Å². The standard InChI is InChI=1S/C29H47NO2/c1-7-20(18(2)3)9-8-19(4)23-10-11-24-22-17-27(30-32)26-16-21(31)12-14-29(26,6)25(22)13-15-28(23,24)5/h16,18-20,22-25,32H,7-15,17H2,1-6H3/b30-27+/t19?,20-,22?,23-,24?,25?,28-,29-/m1/s1. The van der Waals surface area contributed by atoms with Crippen LogP contribution in [0.4, 0.5) is 0 Å². The Morgan fingerprint density at radius 3 is 2.50 bits per heavy atom. The zero-order valence-electron chi connectivity index (χ0n) is 21.5. The molecule has 0 aromatic rings. The van der Waals surface area contributed by atoms with E-state index in [0.29, 0.717) is 23.7 Å². The number of hydrogen-bond donors (Lipinski definition) is 1. The molecule has 0 saturated heterocycles. The Balaban J connectivity index is 1.54. The van der Waals surface area contributed by atoms with E-state index in [1.165, 1.54) is 44.9 Å². The fourth-order valence-electron chi connectivity index (χ4n) is 9.17. The van der Waals surface area contributed by atoms with Crippen molar-refractivity contribution in [2.75, 3.05) is 0 Å². The SMILES string of the molecule is CC[C@H](CCC(C)[C@H]1CCC2C3C/C(=N\O)C4=CC(=O)CC[C@]4(C)C3CC[C@@]21C)C(C)C. The van der Waals surface area contributed by atoms with Crippen LogP contribution in [0.1, 0.15) is 106 Å². The lowest BCUT2D eigenvalue weighted by Gasteiger charge is -2.58. The number of carbonyl (C=O) groups is 1. The minimum Gasteiger partial charge on any atom is -0.411 e. The zero-order valence-corrected chi connectivity index (χ0v) is 21.5. The summed E-state index contributed by atoms with van der Waals surface area (Å²) in [4.78, 5) is 12.2. The molecule has 8 atom stereocenters. The maximum absolute atomic E-state index is 12.2. The molecule has 4 unspecified atom stereocenters. The van der Waals surface area contributed by atoms with Crippen LogP contribution >= 0.6 is 0 Å². The molecule has 1 N–H and O–H groups in total. The molecule has 32 heavy (non-hydrogen) atoms. The number of rotatable bonds is 6. The van der Waals surface area contributed by atoms with Crippen LogP contribution in [-0.2, 0) is 4.79 Å². The topological polar surface area (TPSA) is 49.7 Å². The highest BCUT2D eigenvalue weighted by atomic mass is 16.4. The molecule has 0 radical (unpaired) electrons. The molecular weight excluding hydrogens is 394 g/mol. The molecule has 0 amide bonds. The van der Waals surface area contributed by atoms with E-state index in [-0.39, 0.29) is 11.2 Å². The lowest BCUT2D eigenvalue weighted by atomic mass is 9.46. The van der Waals surface area contributed by atoms with E-state index in [1.54, 1.807) is 0 Å². The van der Waals surface area contributed by atoms with Gasteiger partial charge in [0.1, 0.15) is 0 Å². The van der Waals surface area contributed by atoms with Gasteiger partial charge in [0.25, 0.3) is 0 Å². The number of oxime groups is 1. The Morgan fingerprint density at radius 2 is 1.84 bits per heavy atom. The molecule has 0 aliphatic heterocycles. The van der Waals surface area contributed by atoms with E-state index < -0.39 is 0 Å². The molecule has 4 aliphatic rings. The van der Waals surface area contributed by atoms with E-state index in [9.17, 15) is 10.0 Å². The second-order valence-electron chi connectivity index (χ2n) is 12.8. The second-order valence-corrected chi connectivity index (χ2v) is 12.8. The minimum absolute atomic E-state index is 0.00896. The van der Waals surface area contributed by atoms with Crippen molar-refractivity contribution < 1.29 is 10.0 Å². The van der Waals surface area contributed by atoms with Crippen LogP contribution in [0.25, 0.3) is 0 Å².